The van der Waals surface area contributed by atoms with E-state index in [-0.39, 0.29) is 39.2 Å². The van der Waals surface area contributed by atoms with E-state index >= 15 is 0 Å². The second-order valence-corrected chi connectivity index (χ2v) is 22.5. The molecule has 0 fully saturated rings. The maximum Gasteiger partial charge on any atom is 0.234 e. The van der Waals surface area contributed by atoms with E-state index in [1.807, 2.05) is 36.4 Å². The standard InChI is InChI=1S/C60H82BN2O/c1-21-26-43(22-2)44(23-3)27-25-34-61-55-54(47-39-45(56(8,9)10)28-29-53(47)64-55)63(36-31-49-48(24-4)59(17,18)32-33-60(49,19)20)46(37-41(5)6)30-35-62-52-40-51(58(14,15)16)50(38-42(52)7)57(11,12)13/h21-31,34-36,38-40,42,46,52,62H,1-5,32-33,37H2,6-20H3/b34-25+,35-30+,36-31+,43-26+,44-27+. The number of rotatable bonds is 17. The summed E-state index contributed by atoms with van der Waals surface area (Å²) in [5, 5.41) is 4.94. The van der Waals surface area contributed by atoms with Gasteiger partial charge in [0.15, 0.2) is 0 Å². The van der Waals surface area contributed by atoms with E-state index in [1.54, 1.807) is 6.08 Å². The van der Waals surface area contributed by atoms with E-state index < -0.39 is 0 Å². The Morgan fingerprint density at radius 2 is 1.45 bits per heavy atom. The Bertz CT molecular complexity index is 2330. The van der Waals surface area contributed by atoms with Crippen molar-refractivity contribution in [3.63, 3.8) is 0 Å². The number of anilines is 1. The number of nitrogens with one attached hydrogen (secondary N) is 1. The second-order valence-electron chi connectivity index (χ2n) is 22.5. The first kappa shape index (κ1) is 51.7. The van der Waals surface area contributed by atoms with Crippen LogP contribution in [0.3, 0.4) is 0 Å². The zero-order chi connectivity index (χ0) is 48.0. The molecule has 3 unspecified atom stereocenters. The van der Waals surface area contributed by atoms with Gasteiger partial charge in [-0.05, 0) is 129 Å². The molecular weight excluding hydrogens is 775 g/mol. The summed E-state index contributed by atoms with van der Waals surface area (Å²) in [4.78, 5) is 2.43. The van der Waals surface area contributed by atoms with Gasteiger partial charge in [-0.15, -0.1) is 12.6 Å². The van der Waals surface area contributed by atoms with E-state index in [0.717, 1.165) is 58.3 Å². The average Bonchev–Trinajstić information content (AvgIpc) is 3.55. The summed E-state index contributed by atoms with van der Waals surface area (Å²) >= 11 is 0. The summed E-state index contributed by atoms with van der Waals surface area (Å²) in [6.07, 6.45) is 30.6. The molecule has 1 heterocycles. The van der Waals surface area contributed by atoms with Gasteiger partial charge in [-0.25, -0.2) is 0 Å². The highest BCUT2D eigenvalue weighted by Crippen LogP contribution is 2.50. The van der Waals surface area contributed by atoms with Crippen molar-refractivity contribution in [2.75, 3.05) is 4.90 Å². The number of hydrogen-bond acceptors (Lipinski definition) is 3. The van der Waals surface area contributed by atoms with Crippen LogP contribution in [0.5, 0.6) is 0 Å². The quantitative estimate of drug-likeness (QED) is 0.0976. The second kappa shape index (κ2) is 20.5. The van der Waals surface area contributed by atoms with Crippen LogP contribution in [0.2, 0.25) is 0 Å². The molecule has 0 aliphatic heterocycles. The summed E-state index contributed by atoms with van der Waals surface area (Å²) < 4.78 is 6.88. The first-order valence-electron chi connectivity index (χ1n) is 23.4. The molecule has 0 spiro atoms. The summed E-state index contributed by atoms with van der Waals surface area (Å²) in [5.74, 6) is 2.36. The molecule has 3 atom stereocenters. The molecule has 2 aromatic rings. The van der Waals surface area contributed by atoms with Crippen molar-refractivity contribution in [1.29, 1.82) is 0 Å². The van der Waals surface area contributed by atoms with Crippen LogP contribution in [0, 0.1) is 27.6 Å². The van der Waals surface area contributed by atoms with Crippen molar-refractivity contribution in [2.24, 2.45) is 27.6 Å². The molecule has 1 aromatic carbocycles. The van der Waals surface area contributed by atoms with Gasteiger partial charge in [-0.2, -0.15) is 0 Å². The van der Waals surface area contributed by atoms with Gasteiger partial charge in [0, 0.05) is 11.6 Å². The van der Waals surface area contributed by atoms with Crippen LogP contribution in [0.4, 0.5) is 5.69 Å². The van der Waals surface area contributed by atoms with Crippen molar-refractivity contribution in [3.8, 4) is 0 Å². The number of benzene rings is 1. The van der Waals surface area contributed by atoms with Gasteiger partial charge in [-0.3, -0.25) is 0 Å². The first-order chi connectivity index (χ1) is 29.7. The molecule has 4 heteroatoms. The maximum absolute atomic E-state index is 6.88. The SMILES string of the molecule is C=C/C=C(C=C)/C(C=C)=C/C=C/[B]c1oc2ccc(C(C)(C)C)cc2c1N(/C=C/C1=C(C=C)C(C)(C)CCC1(C)C)C(/C=C/NC1C=C(C(C)(C)C)C(C(C)(C)C)=CC1C)CC(=C)C. The Balaban J connectivity index is 2.01. The van der Waals surface area contributed by atoms with Crippen LogP contribution in [-0.2, 0) is 5.41 Å². The van der Waals surface area contributed by atoms with Crippen molar-refractivity contribution < 1.29 is 4.42 Å². The Kier molecular flexibility index (Phi) is 16.5. The van der Waals surface area contributed by atoms with Crippen LogP contribution >= 0.6 is 0 Å². The lowest BCUT2D eigenvalue weighted by atomic mass is 9.63. The molecule has 1 radical (unpaired) electrons. The lowest BCUT2D eigenvalue weighted by Gasteiger charge is -2.42. The molecular formula is C60H82BN2O. The lowest BCUT2D eigenvalue weighted by molar-refractivity contribution is 0.273. The first-order valence-corrected chi connectivity index (χ1v) is 23.4. The van der Waals surface area contributed by atoms with Gasteiger partial charge < -0.3 is 14.6 Å². The zero-order valence-electron chi connectivity index (χ0n) is 42.6. The normalized spacial score (nSPS) is 20.4. The highest BCUT2D eigenvalue weighted by Gasteiger charge is 2.38. The fourth-order valence-corrected chi connectivity index (χ4v) is 9.05. The van der Waals surface area contributed by atoms with Gasteiger partial charge >= 0.3 is 0 Å². The van der Waals surface area contributed by atoms with Crippen molar-refractivity contribution in [2.45, 2.75) is 141 Å². The molecule has 2 aliphatic rings. The summed E-state index contributed by atoms with van der Waals surface area (Å²) in [5.41, 5.74) is 12.3. The molecule has 4 rings (SSSR count). The molecule has 0 bridgehead atoms. The van der Waals surface area contributed by atoms with Crippen molar-refractivity contribution in [1.82, 2.24) is 5.32 Å². The number of hydrogen-bond donors (Lipinski definition) is 1. The van der Waals surface area contributed by atoms with Gasteiger partial charge in [0.05, 0.1) is 23.4 Å². The molecule has 3 nitrogen and oxygen atoms in total. The van der Waals surface area contributed by atoms with E-state index in [0.29, 0.717) is 5.92 Å². The van der Waals surface area contributed by atoms with Gasteiger partial charge in [0.2, 0.25) is 7.28 Å². The molecule has 341 valence electrons. The van der Waals surface area contributed by atoms with Crippen LogP contribution in [0.25, 0.3) is 11.0 Å². The third-order valence-corrected chi connectivity index (χ3v) is 13.0. The Morgan fingerprint density at radius 3 is 2.00 bits per heavy atom. The Morgan fingerprint density at radius 1 is 0.859 bits per heavy atom. The predicted octanol–water partition coefficient (Wildman–Crippen LogP) is 16.0. The van der Waals surface area contributed by atoms with E-state index in [2.05, 4.69) is 215 Å². The largest absolute Gasteiger partial charge is 0.469 e. The molecule has 0 saturated carbocycles. The van der Waals surface area contributed by atoms with Crippen LogP contribution in [0.1, 0.15) is 129 Å². The molecule has 64 heavy (non-hydrogen) atoms. The Hall–Kier alpha value is -4.96. The number of furan rings is 1. The summed E-state index contributed by atoms with van der Waals surface area (Å²) in [6, 6.07) is 6.69. The molecule has 0 amide bonds. The van der Waals surface area contributed by atoms with Crippen LogP contribution in [0.15, 0.2) is 180 Å². The highest BCUT2D eigenvalue weighted by atomic mass is 16.3. The van der Waals surface area contributed by atoms with Crippen molar-refractivity contribution >= 4 is 29.6 Å². The minimum absolute atomic E-state index is 0.0118. The van der Waals surface area contributed by atoms with Gasteiger partial charge in [0.25, 0.3) is 0 Å². The average molecular weight is 858 g/mol. The van der Waals surface area contributed by atoms with Gasteiger partial charge in [-0.1, -0.05) is 190 Å². The molecule has 1 aromatic heterocycles. The monoisotopic (exact) mass is 858 g/mol. The number of allylic oxidation sites excluding steroid dienone is 14. The lowest BCUT2D eigenvalue weighted by Crippen LogP contribution is -2.37. The topological polar surface area (TPSA) is 28.4 Å². The number of nitrogens with zero attached hydrogens (tertiary/aromatic N) is 1. The van der Waals surface area contributed by atoms with E-state index in [9.17, 15) is 0 Å². The predicted molar refractivity (Wildman–Crippen MR) is 285 cm³/mol. The smallest absolute Gasteiger partial charge is 0.234 e. The van der Waals surface area contributed by atoms with Gasteiger partial charge in [0.1, 0.15) is 5.58 Å². The van der Waals surface area contributed by atoms with Crippen LogP contribution in [-0.4, -0.2) is 19.4 Å². The van der Waals surface area contributed by atoms with E-state index in [1.165, 1.54) is 27.9 Å². The van der Waals surface area contributed by atoms with Crippen LogP contribution < -0.4 is 15.9 Å². The molecule has 0 saturated heterocycles. The summed E-state index contributed by atoms with van der Waals surface area (Å²) in [6.45, 7) is 55.4. The molecule has 1 N–H and O–H groups in total. The fourth-order valence-electron chi connectivity index (χ4n) is 9.05. The zero-order valence-corrected chi connectivity index (χ0v) is 42.6. The maximum atomic E-state index is 6.88. The summed E-state index contributed by atoms with van der Waals surface area (Å²) in [7, 11) is 2.08. The van der Waals surface area contributed by atoms with E-state index in [4.69, 9.17) is 4.42 Å². The third-order valence-electron chi connectivity index (χ3n) is 13.0. The molecule has 2 aliphatic carbocycles. The number of fused-ring (bicyclic) bond motifs is 1. The fraction of sp³-hybridized carbons (Fsp3) is 0.433. The minimum atomic E-state index is -0.110. The minimum Gasteiger partial charge on any atom is -0.469 e. The third kappa shape index (κ3) is 12.4. The Labute approximate surface area is 391 Å². The highest BCUT2D eigenvalue weighted by molar-refractivity contribution is 6.60. The van der Waals surface area contributed by atoms with Crippen molar-refractivity contribution in [3.05, 3.63) is 181 Å².